The fourth-order valence-electron chi connectivity index (χ4n) is 4.02. The molecule has 162 valence electrons. The van der Waals surface area contributed by atoms with Crippen molar-refractivity contribution >= 4 is 23.3 Å². The smallest absolute Gasteiger partial charge is 0.231 e. The molecular weight excluding hydrogens is 400 g/mol. The number of pyridine rings is 1. The first-order valence-electron chi connectivity index (χ1n) is 10.4. The van der Waals surface area contributed by atoms with E-state index in [1.165, 1.54) is 0 Å². The van der Waals surface area contributed by atoms with E-state index in [4.69, 9.17) is 14.2 Å². The van der Waals surface area contributed by atoms with E-state index in [-0.39, 0.29) is 25.0 Å². The third-order valence-corrected chi connectivity index (χ3v) is 5.77. The molecule has 1 unspecified atom stereocenters. The largest absolute Gasteiger partial charge is 0.454 e. The van der Waals surface area contributed by atoms with Crippen molar-refractivity contribution in [3.8, 4) is 11.5 Å². The van der Waals surface area contributed by atoms with E-state index in [2.05, 4.69) is 15.2 Å². The molecule has 9 nitrogen and oxygen atoms in total. The van der Waals surface area contributed by atoms with Gasteiger partial charge in [0.1, 0.15) is 5.82 Å². The lowest BCUT2D eigenvalue weighted by Gasteiger charge is -2.27. The number of carbonyl (C=O) groups excluding carboxylic acids is 2. The first-order valence-corrected chi connectivity index (χ1v) is 10.4. The minimum absolute atomic E-state index is 0.0736. The summed E-state index contributed by atoms with van der Waals surface area (Å²) < 4.78 is 16.1. The van der Waals surface area contributed by atoms with Crippen LogP contribution < -0.4 is 24.6 Å². The van der Waals surface area contributed by atoms with Gasteiger partial charge < -0.3 is 29.3 Å². The van der Waals surface area contributed by atoms with Crippen molar-refractivity contribution in [2.75, 3.05) is 49.4 Å². The number of amides is 2. The van der Waals surface area contributed by atoms with Gasteiger partial charge in [-0.05, 0) is 23.8 Å². The summed E-state index contributed by atoms with van der Waals surface area (Å²) in [6.45, 7) is 3.99. The number of rotatable bonds is 5. The van der Waals surface area contributed by atoms with Crippen molar-refractivity contribution in [1.82, 2.24) is 10.3 Å². The topological polar surface area (TPSA) is 93.2 Å². The second-order valence-corrected chi connectivity index (χ2v) is 7.78. The molecule has 2 aromatic rings. The number of carbonyl (C=O) groups is 2. The summed E-state index contributed by atoms with van der Waals surface area (Å²) in [5.41, 5.74) is 1.63. The van der Waals surface area contributed by atoms with Crippen LogP contribution in [-0.4, -0.2) is 56.4 Å². The Bertz CT molecular complexity index is 974. The predicted octanol–water partition coefficient (Wildman–Crippen LogP) is 1.32. The molecule has 4 heterocycles. The Balaban J connectivity index is 1.16. The van der Waals surface area contributed by atoms with Crippen LogP contribution in [0.1, 0.15) is 12.0 Å². The van der Waals surface area contributed by atoms with E-state index in [9.17, 15) is 9.59 Å². The number of hydrogen-bond acceptors (Lipinski definition) is 7. The Morgan fingerprint density at radius 2 is 1.97 bits per heavy atom. The summed E-state index contributed by atoms with van der Waals surface area (Å²) in [5, 5.41) is 2.94. The summed E-state index contributed by atoms with van der Waals surface area (Å²) >= 11 is 0. The van der Waals surface area contributed by atoms with Crippen LogP contribution in [0.2, 0.25) is 0 Å². The van der Waals surface area contributed by atoms with Crippen molar-refractivity contribution in [2.45, 2.75) is 13.0 Å². The molecule has 3 aliphatic rings. The number of morpholine rings is 1. The molecule has 0 aliphatic carbocycles. The summed E-state index contributed by atoms with van der Waals surface area (Å²) in [4.78, 5) is 33.5. The van der Waals surface area contributed by atoms with E-state index in [0.717, 1.165) is 24.5 Å². The van der Waals surface area contributed by atoms with Crippen LogP contribution in [0, 0.1) is 5.92 Å². The van der Waals surface area contributed by atoms with Gasteiger partial charge in [-0.1, -0.05) is 6.07 Å². The zero-order valence-electron chi connectivity index (χ0n) is 17.1. The highest BCUT2D eigenvalue weighted by Crippen LogP contribution is 2.37. The van der Waals surface area contributed by atoms with Crippen LogP contribution in [0.5, 0.6) is 11.5 Å². The van der Waals surface area contributed by atoms with Gasteiger partial charge in [0.15, 0.2) is 11.5 Å². The maximum absolute atomic E-state index is 12.7. The summed E-state index contributed by atoms with van der Waals surface area (Å²) in [7, 11) is 0. The van der Waals surface area contributed by atoms with E-state index < -0.39 is 5.92 Å². The lowest BCUT2D eigenvalue weighted by molar-refractivity contribution is -0.126. The number of benzene rings is 1. The van der Waals surface area contributed by atoms with E-state index in [0.29, 0.717) is 43.5 Å². The van der Waals surface area contributed by atoms with Crippen LogP contribution >= 0.6 is 0 Å². The fourth-order valence-corrected chi connectivity index (χ4v) is 4.02. The van der Waals surface area contributed by atoms with Crippen molar-refractivity contribution in [1.29, 1.82) is 0 Å². The fraction of sp³-hybridized carbons (Fsp3) is 0.409. The number of hydrogen-bond donors (Lipinski definition) is 1. The van der Waals surface area contributed by atoms with Gasteiger partial charge in [0.2, 0.25) is 18.6 Å². The predicted molar refractivity (Wildman–Crippen MR) is 112 cm³/mol. The van der Waals surface area contributed by atoms with Gasteiger partial charge in [0.05, 0.1) is 19.1 Å². The SMILES string of the molecule is O=C(NCc1ccc(N2CCOCC2)nc1)C1CC(=O)N(c2ccc3c(c2)OCO3)C1. The number of ether oxygens (including phenoxy) is 3. The minimum Gasteiger partial charge on any atom is -0.454 e. The highest BCUT2D eigenvalue weighted by molar-refractivity contribution is 6.00. The quantitative estimate of drug-likeness (QED) is 0.774. The molecular formula is C22H24N4O5. The summed E-state index contributed by atoms with van der Waals surface area (Å²) in [5.74, 6) is 1.60. The van der Waals surface area contributed by atoms with Crippen molar-refractivity contribution < 1.29 is 23.8 Å². The van der Waals surface area contributed by atoms with E-state index >= 15 is 0 Å². The Hall–Kier alpha value is -3.33. The monoisotopic (exact) mass is 424 g/mol. The molecule has 9 heteroatoms. The van der Waals surface area contributed by atoms with E-state index in [1.54, 1.807) is 23.2 Å². The second kappa shape index (κ2) is 8.43. The minimum atomic E-state index is -0.390. The molecule has 2 saturated heterocycles. The Morgan fingerprint density at radius 3 is 2.77 bits per heavy atom. The molecule has 3 aliphatic heterocycles. The zero-order valence-corrected chi connectivity index (χ0v) is 17.1. The number of nitrogens with one attached hydrogen (secondary N) is 1. The van der Waals surface area contributed by atoms with Gasteiger partial charge in [-0.3, -0.25) is 9.59 Å². The van der Waals surface area contributed by atoms with Gasteiger partial charge in [0, 0.05) is 50.6 Å². The maximum Gasteiger partial charge on any atom is 0.231 e. The number of nitrogens with zero attached hydrogens (tertiary/aromatic N) is 3. The Morgan fingerprint density at radius 1 is 1.13 bits per heavy atom. The molecule has 31 heavy (non-hydrogen) atoms. The molecule has 1 aromatic heterocycles. The molecule has 0 bridgehead atoms. The summed E-state index contributed by atoms with van der Waals surface area (Å²) in [6.07, 6.45) is 1.97. The normalized spacial score (nSPS) is 20.3. The van der Waals surface area contributed by atoms with Crippen molar-refractivity contribution in [2.24, 2.45) is 5.92 Å². The van der Waals surface area contributed by atoms with Gasteiger partial charge in [-0.15, -0.1) is 0 Å². The molecule has 1 aromatic carbocycles. The highest BCUT2D eigenvalue weighted by atomic mass is 16.7. The first-order chi connectivity index (χ1) is 15.2. The second-order valence-electron chi connectivity index (χ2n) is 7.78. The Labute approximate surface area is 179 Å². The van der Waals surface area contributed by atoms with Crippen LogP contribution in [0.15, 0.2) is 36.5 Å². The van der Waals surface area contributed by atoms with Crippen LogP contribution in [0.3, 0.4) is 0 Å². The van der Waals surface area contributed by atoms with Gasteiger partial charge in [0.25, 0.3) is 0 Å². The third-order valence-electron chi connectivity index (χ3n) is 5.77. The van der Waals surface area contributed by atoms with Gasteiger partial charge >= 0.3 is 0 Å². The molecule has 2 fully saturated rings. The maximum atomic E-state index is 12.7. The third kappa shape index (κ3) is 4.13. The van der Waals surface area contributed by atoms with Crippen molar-refractivity contribution in [3.05, 3.63) is 42.1 Å². The number of aromatic nitrogens is 1. The number of fused-ring (bicyclic) bond motifs is 1. The van der Waals surface area contributed by atoms with Gasteiger partial charge in [-0.25, -0.2) is 4.98 Å². The van der Waals surface area contributed by atoms with Crippen molar-refractivity contribution in [3.63, 3.8) is 0 Å². The summed E-state index contributed by atoms with van der Waals surface area (Å²) in [6, 6.07) is 9.31. The lowest BCUT2D eigenvalue weighted by atomic mass is 10.1. The molecule has 2 amide bonds. The molecule has 1 N–H and O–H groups in total. The van der Waals surface area contributed by atoms with Crippen LogP contribution in [0.4, 0.5) is 11.5 Å². The molecule has 1 atom stereocenters. The number of anilines is 2. The molecule has 5 rings (SSSR count). The standard InChI is InChI=1S/C22H24N4O5/c27-21-9-16(13-26(21)17-2-3-18-19(10-17)31-14-30-18)22(28)24-12-15-1-4-20(23-11-15)25-5-7-29-8-6-25/h1-4,10-11,16H,5-9,12-14H2,(H,24,28). The average Bonchev–Trinajstić information content (AvgIpc) is 3.44. The molecule has 0 saturated carbocycles. The van der Waals surface area contributed by atoms with E-state index in [1.807, 2.05) is 18.2 Å². The molecule has 0 spiro atoms. The zero-order chi connectivity index (χ0) is 21.2. The van der Waals surface area contributed by atoms with Crippen LogP contribution in [-0.2, 0) is 20.9 Å². The first kappa shape index (κ1) is 19.6. The highest BCUT2D eigenvalue weighted by Gasteiger charge is 2.35. The average molecular weight is 424 g/mol. The van der Waals surface area contributed by atoms with Crippen LogP contribution in [0.25, 0.3) is 0 Å². The lowest BCUT2D eigenvalue weighted by Crippen LogP contribution is -2.36. The molecule has 0 radical (unpaired) electrons. The van der Waals surface area contributed by atoms with Gasteiger partial charge in [-0.2, -0.15) is 0 Å². The Kier molecular flexibility index (Phi) is 5.33.